The maximum atomic E-state index is 14.7. The van der Waals surface area contributed by atoms with Gasteiger partial charge in [-0.2, -0.15) is 17.6 Å². The average molecular weight is 448 g/mol. The Hall–Kier alpha value is -2.89. The Labute approximate surface area is 184 Å². The topological polar surface area (TPSA) is 9.23 Å². The molecule has 170 valence electrons. The Bertz CT molecular complexity index is 1070. The van der Waals surface area contributed by atoms with E-state index in [1.807, 2.05) is 0 Å². The van der Waals surface area contributed by atoms with E-state index < -0.39 is 18.0 Å². The van der Waals surface area contributed by atoms with E-state index in [-0.39, 0.29) is 27.6 Å². The van der Waals surface area contributed by atoms with Crippen LogP contribution in [0.5, 0.6) is 5.75 Å². The molecule has 0 unspecified atom stereocenters. The molecular formula is C26H25F5O. The van der Waals surface area contributed by atoms with Crippen LogP contribution in [0.3, 0.4) is 0 Å². The Morgan fingerprint density at radius 3 is 2.31 bits per heavy atom. The monoisotopic (exact) mass is 448 g/mol. The van der Waals surface area contributed by atoms with Gasteiger partial charge < -0.3 is 4.74 Å². The molecule has 3 aromatic carbocycles. The highest BCUT2D eigenvalue weighted by Gasteiger charge is 2.34. The summed E-state index contributed by atoms with van der Waals surface area (Å²) in [6.07, 6.45) is 1.37. The number of benzene rings is 3. The van der Waals surface area contributed by atoms with Crippen LogP contribution >= 0.6 is 0 Å². The van der Waals surface area contributed by atoms with Crippen LogP contribution in [0.4, 0.5) is 22.0 Å². The molecule has 0 spiro atoms. The average Bonchev–Trinajstić information content (AvgIpc) is 2.75. The van der Waals surface area contributed by atoms with Gasteiger partial charge in [0.25, 0.3) is 6.08 Å². The molecule has 0 atom stereocenters. The Morgan fingerprint density at radius 1 is 0.906 bits per heavy atom. The molecule has 0 saturated heterocycles. The van der Waals surface area contributed by atoms with Crippen molar-refractivity contribution in [2.45, 2.75) is 51.6 Å². The molecule has 0 saturated carbocycles. The van der Waals surface area contributed by atoms with E-state index in [1.54, 1.807) is 12.1 Å². The summed E-state index contributed by atoms with van der Waals surface area (Å²) >= 11 is 0. The second kappa shape index (κ2) is 10.6. The van der Waals surface area contributed by atoms with Gasteiger partial charge in [-0.15, -0.1) is 0 Å². The van der Waals surface area contributed by atoms with Gasteiger partial charge in [0, 0.05) is 17.0 Å². The maximum Gasteiger partial charge on any atom is 0.426 e. The molecule has 32 heavy (non-hydrogen) atoms. The fourth-order valence-corrected chi connectivity index (χ4v) is 3.58. The number of aryl methyl sites for hydroxylation is 1. The summed E-state index contributed by atoms with van der Waals surface area (Å²) in [5.74, 6) is -0.999. The summed E-state index contributed by atoms with van der Waals surface area (Å²) < 4.78 is 73.5. The fraction of sp³-hybridized carbons (Fsp3) is 0.308. The van der Waals surface area contributed by atoms with Crippen molar-refractivity contribution in [3.8, 4) is 5.75 Å². The Kier molecular flexibility index (Phi) is 7.89. The third kappa shape index (κ3) is 6.09. The van der Waals surface area contributed by atoms with Crippen LogP contribution < -0.4 is 4.74 Å². The van der Waals surface area contributed by atoms with Crippen LogP contribution in [0.1, 0.15) is 55.7 Å². The number of alkyl halides is 2. The summed E-state index contributed by atoms with van der Waals surface area (Å²) in [4.78, 5) is 0. The van der Waals surface area contributed by atoms with Gasteiger partial charge in [-0.3, -0.25) is 0 Å². The Balaban J connectivity index is 1.70. The number of hydrogen-bond donors (Lipinski definition) is 0. The molecule has 6 heteroatoms. The first-order valence-electron chi connectivity index (χ1n) is 10.7. The third-order valence-corrected chi connectivity index (χ3v) is 5.33. The number of unbranched alkanes of at least 4 members (excludes halogenated alkanes) is 4. The van der Waals surface area contributed by atoms with Crippen LogP contribution in [0, 0.1) is 5.82 Å². The number of halogens is 5. The normalized spacial score (nSPS) is 11.6. The molecule has 0 aromatic heterocycles. The van der Waals surface area contributed by atoms with E-state index in [0.717, 1.165) is 24.8 Å². The van der Waals surface area contributed by atoms with Crippen LogP contribution in [-0.2, 0) is 12.5 Å². The smallest absolute Gasteiger partial charge is 0.426 e. The zero-order chi connectivity index (χ0) is 23.1. The first kappa shape index (κ1) is 23.8. The zero-order valence-corrected chi connectivity index (χ0v) is 17.8. The largest absolute Gasteiger partial charge is 0.429 e. The minimum atomic E-state index is -3.58. The summed E-state index contributed by atoms with van der Waals surface area (Å²) in [5, 5.41) is 0.310. The third-order valence-electron chi connectivity index (χ3n) is 5.33. The first-order valence-corrected chi connectivity index (χ1v) is 10.7. The van der Waals surface area contributed by atoms with Crippen molar-refractivity contribution in [2.75, 3.05) is 0 Å². The van der Waals surface area contributed by atoms with Gasteiger partial charge in [0.05, 0.1) is 5.56 Å². The summed E-state index contributed by atoms with van der Waals surface area (Å²) in [6, 6.07) is 12.3. The van der Waals surface area contributed by atoms with E-state index in [9.17, 15) is 22.0 Å². The number of ether oxygens (including phenoxy) is 1. The zero-order valence-electron chi connectivity index (χ0n) is 17.8. The number of fused-ring (bicyclic) bond motifs is 1. The number of hydrogen-bond acceptors (Lipinski definition) is 1. The molecule has 0 fully saturated rings. The van der Waals surface area contributed by atoms with Crippen molar-refractivity contribution in [2.24, 2.45) is 0 Å². The SMILES string of the molecule is CCCCCCCc1ccc(C(F)(F)Oc2ccc3c(F)c(C=C(F)F)ccc3c2)cc1. The van der Waals surface area contributed by atoms with Gasteiger partial charge in [-0.1, -0.05) is 56.9 Å². The second-order valence-corrected chi connectivity index (χ2v) is 7.77. The molecule has 0 aliphatic rings. The highest BCUT2D eigenvalue weighted by Crippen LogP contribution is 2.34. The lowest BCUT2D eigenvalue weighted by Crippen LogP contribution is -2.21. The van der Waals surface area contributed by atoms with Crippen LogP contribution in [-0.4, -0.2) is 0 Å². The summed E-state index contributed by atoms with van der Waals surface area (Å²) in [6.45, 7) is 2.15. The van der Waals surface area contributed by atoms with Gasteiger partial charge in [0.15, 0.2) is 0 Å². The van der Waals surface area contributed by atoms with Crippen LogP contribution in [0.2, 0.25) is 0 Å². The van der Waals surface area contributed by atoms with Crippen molar-refractivity contribution in [3.05, 3.63) is 83.2 Å². The molecule has 1 nitrogen and oxygen atoms in total. The molecule has 0 amide bonds. The molecule has 0 N–H and O–H groups in total. The number of rotatable bonds is 10. The summed E-state index contributed by atoms with van der Waals surface area (Å²) in [5.41, 5.74) is 0.441. The molecule has 0 bridgehead atoms. The second-order valence-electron chi connectivity index (χ2n) is 7.77. The van der Waals surface area contributed by atoms with Gasteiger partial charge in [-0.05, 0) is 54.1 Å². The van der Waals surface area contributed by atoms with Gasteiger partial charge in [0.2, 0.25) is 0 Å². The quantitative estimate of drug-likeness (QED) is 0.222. The van der Waals surface area contributed by atoms with E-state index in [2.05, 4.69) is 6.92 Å². The van der Waals surface area contributed by atoms with Crippen LogP contribution in [0.15, 0.2) is 60.7 Å². The van der Waals surface area contributed by atoms with E-state index in [1.165, 1.54) is 61.7 Å². The molecule has 0 radical (unpaired) electrons. The lowest BCUT2D eigenvalue weighted by Gasteiger charge is -2.19. The minimum Gasteiger partial charge on any atom is -0.429 e. The van der Waals surface area contributed by atoms with E-state index in [0.29, 0.717) is 6.08 Å². The van der Waals surface area contributed by atoms with Crippen LogP contribution in [0.25, 0.3) is 16.8 Å². The molecular weight excluding hydrogens is 423 g/mol. The molecule has 0 aliphatic carbocycles. The molecule has 3 rings (SSSR count). The standard InChI is InChI=1S/C26H25F5O/c1-2-3-4-5-6-7-18-8-12-21(13-9-18)26(30,31)32-22-14-15-23-19(16-22)10-11-20(25(23)29)17-24(27)28/h8-17H,2-7H2,1H3. The van der Waals surface area contributed by atoms with Gasteiger partial charge in [0.1, 0.15) is 11.6 Å². The van der Waals surface area contributed by atoms with E-state index in [4.69, 9.17) is 4.74 Å². The predicted octanol–water partition coefficient (Wildman–Crippen LogP) is 8.86. The maximum absolute atomic E-state index is 14.7. The molecule has 0 heterocycles. The minimum absolute atomic E-state index is 0.0407. The predicted molar refractivity (Wildman–Crippen MR) is 118 cm³/mol. The van der Waals surface area contributed by atoms with E-state index >= 15 is 0 Å². The van der Waals surface area contributed by atoms with Crippen molar-refractivity contribution < 1.29 is 26.7 Å². The first-order chi connectivity index (χ1) is 15.3. The van der Waals surface area contributed by atoms with Gasteiger partial charge >= 0.3 is 6.11 Å². The Morgan fingerprint density at radius 2 is 1.62 bits per heavy atom. The highest BCUT2D eigenvalue weighted by atomic mass is 19.3. The van der Waals surface area contributed by atoms with Crippen molar-refractivity contribution in [1.29, 1.82) is 0 Å². The molecule has 3 aromatic rings. The van der Waals surface area contributed by atoms with Crippen molar-refractivity contribution in [1.82, 2.24) is 0 Å². The summed E-state index contributed by atoms with van der Waals surface area (Å²) in [7, 11) is 0. The van der Waals surface area contributed by atoms with Gasteiger partial charge in [-0.25, -0.2) is 4.39 Å². The van der Waals surface area contributed by atoms with Crippen molar-refractivity contribution in [3.63, 3.8) is 0 Å². The molecule has 0 aliphatic heterocycles. The van der Waals surface area contributed by atoms with Crippen molar-refractivity contribution >= 4 is 16.8 Å². The fourth-order valence-electron chi connectivity index (χ4n) is 3.58. The lowest BCUT2D eigenvalue weighted by molar-refractivity contribution is -0.185. The highest BCUT2D eigenvalue weighted by molar-refractivity contribution is 5.86. The lowest BCUT2D eigenvalue weighted by atomic mass is 10.0.